The molecule has 7 amide bonds. The van der Waals surface area contributed by atoms with E-state index in [4.69, 9.17) is 5.73 Å². The van der Waals surface area contributed by atoms with E-state index in [9.17, 15) is 38.4 Å². The number of esters is 1. The van der Waals surface area contributed by atoms with Gasteiger partial charge >= 0.3 is 5.97 Å². The summed E-state index contributed by atoms with van der Waals surface area (Å²) in [5, 5.41) is 15.5. The molecule has 0 aliphatic rings. The van der Waals surface area contributed by atoms with Crippen molar-refractivity contribution in [2.24, 2.45) is 5.73 Å². The van der Waals surface area contributed by atoms with Crippen LogP contribution in [0.2, 0.25) is 0 Å². The average molecular weight is 502 g/mol. The minimum Gasteiger partial charge on any atom is -0.465 e. The van der Waals surface area contributed by atoms with Gasteiger partial charge in [-0.05, 0) is 6.92 Å². The Morgan fingerprint density at radius 2 is 0.743 bits per heavy atom. The fourth-order valence-electron chi connectivity index (χ4n) is 1.90. The van der Waals surface area contributed by atoms with E-state index in [2.05, 4.69) is 42.0 Å². The Hall–Kier alpha value is -4.28. The smallest absolute Gasteiger partial charge is 0.325 e. The van der Waals surface area contributed by atoms with Crippen molar-refractivity contribution in [2.75, 3.05) is 59.0 Å². The molecule has 0 aliphatic carbocycles. The first-order chi connectivity index (χ1) is 16.6. The quantitative estimate of drug-likeness (QED) is 0.0925. The van der Waals surface area contributed by atoms with Crippen LogP contribution in [0.3, 0.4) is 0 Å². The predicted octanol–water partition coefficient (Wildman–Crippen LogP) is -6.68. The highest BCUT2D eigenvalue weighted by molar-refractivity contribution is 5.92. The van der Waals surface area contributed by atoms with Gasteiger partial charge in [-0.1, -0.05) is 0 Å². The van der Waals surface area contributed by atoms with Gasteiger partial charge < -0.3 is 47.7 Å². The van der Waals surface area contributed by atoms with Crippen LogP contribution >= 0.6 is 0 Å². The number of hydrogen-bond acceptors (Lipinski definition) is 10. The molecule has 9 N–H and O–H groups in total. The largest absolute Gasteiger partial charge is 0.465 e. The molecular formula is C18H30N8O9. The van der Waals surface area contributed by atoms with Crippen LogP contribution < -0.4 is 43.0 Å². The lowest BCUT2D eigenvalue weighted by Gasteiger charge is -2.09. The lowest BCUT2D eigenvalue weighted by molar-refractivity contribution is -0.143. The molecule has 0 aromatic rings. The first kappa shape index (κ1) is 30.7. The second kappa shape index (κ2) is 18.2. The van der Waals surface area contributed by atoms with Gasteiger partial charge in [0.2, 0.25) is 41.4 Å². The Morgan fingerprint density at radius 3 is 1.00 bits per heavy atom. The Labute approximate surface area is 200 Å². The highest BCUT2D eigenvalue weighted by Gasteiger charge is 2.11. The van der Waals surface area contributed by atoms with Gasteiger partial charge in [-0.15, -0.1) is 0 Å². The Bertz CT molecular complexity index is 803. The summed E-state index contributed by atoms with van der Waals surface area (Å²) in [6, 6.07) is 0. The topological polar surface area (TPSA) is 256 Å². The standard InChI is InChI=1S/C18H30N8O9/c1-2-35-18(34)10-26-17(33)9-25-16(32)8-24-15(31)7-23-14(30)6-22-13(29)5-21-12(28)4-20-11(27)3-19/h2-10,19H2,1H3,(H,20,27)(H,21,28)(H,22,29)(H,23,30)(H,24,31)(H,25,32)(H,26,33). The van der Waals surface area contributed by atoms with Gasteiger partial charge in [0.15, 0.2) is 0 Å². The Morgan fingerprint density at radius 1 is 0.486 bits per heavy atom. The predicted molar refractivity (Wildman–Crippen MR) is 117 cm³/mol. The van der Waals surface area contributed by atoms with E-state index in [1.54, 1.807) is 6.92 Å². The number of carbonyl (C=O) groups is 8. The van der Waals surface area contributed by atoms with Crippen LogP contribution in [-0.4, -0.2) is 106 Å². The van der Waals surface area contributed by atoms with Crippen LogP contribution in [0.5, 0.6) is 0 Å². The normalized spacial score (nSPS) is 9.66. The van der Waals surface area contributed by atoms with Gasteiger partial charge in [-0.3, -0.25) is 38.4 Å². The molecule has 0 rings (SSSR count). The van der Waals surface area contributed by atoms with Gasteiger partial charge in [-0.25, -0.2) is 0 Å². The third-order valence-corrected chi connectivity index (χ3v) is 3.60. The van der Waals surface area contributed by atoms with E-state index in [0.29, 0.717) is 0 Å². The fraction of sp³-hybridized carbons (Fsp3) is 0.556. The molecule has 0 radical (unpaired) electrons. The summed E-state index contributed by atoms with van der Waals surface area (Å²) in [7, 11) is 0. The van der Waals surface area contributed by atoms with Crippen molar-refractivity contribution in [3.63, 3.8) is 0 Å². The summed E-state index contributed by atoms with van der Waals surface area (Å²) >= 11 is 0. The van der Waals surface area contributed by atoms with Crippen LogP contribution in [0.15, 0.2) is 0 Å². The van der Waals surface area contributed by atoms with Gasteiger partial charge in [-0.2, -0.15) is 0 Å². The number of nitrogens with one attached hydrogen (secondary N) is 7. The first-order valence-electron chi connectivity index (χ1n) is 10.3. The van der Waals surface area contributed by atoms with E-state index in [-0.39, 0.29) is 26.2 Å². The zero-order valence-corrected chi connectivity index (χ0v) is 19.1. The van der Waals surface area contributed by atoms with Gasteiger partial charge in [0, 0.05) is 0 Å². The number of hydrogen-bond donors (Lipinski definition) is 8. The molecule has 0 saturated carbocycles. The van der Waals surface area contributed by atoms with E-state index < -0.39 is 80.0 Å². The van der Waals surface area contributed by atoms with E-state index >= 15 is 0 Å². The molecule has 0 fully saturated rings. The number of carbonyl (C=O) groups excluding carboxylic acids is 8. The van der Waals surface area contributed by atoms with Crippen molar-refractivity contribution in [1.29, 1.82) is 0 Å². The van der Waals surface area contributed by atoms with Crippen LogP contribution in [0.25, 0.3) is 0 Å². The first-order valence-corrected chi connectivity index (χ1v) is 10.3. The zero-order chi connectivity index (χ0) is 26.6. The molecular weight excluding hydrogens is 472 g/mol. The molecule has 0 aromatic carbocycles. The summed E-state index contributed by atoms with van der Waals surface area (Å²) in [5.41, 5.74) is 5.05. The zero-order valence-electron chi connectivity index (χ0n) is 19.1. The molecule has 0 unspecified atom stereocenters. The molecule has 0 saturated heterocycles. The minimum atomic E-state index is -0.710. The van der Waals surface area contributed by atoms with Gasteiger partial charge in [0.25, 0.3) is 0 Å². The second-order valence-electron chi connectivity index (χ2n) is 6.45. The molecule has 196 valence electrons. The molecule has 0 aliphatic heterocycles. The second-order valence-corrected chi connectivity index (χ2v) is 6.45. The van der Waals surface area contributed by atoms with Crippen LogP contribution in [0.1, 0.15) is 6.92 Å². The fourth-order valence-corrected chi connectivity index (χ4v) is 1.90. The van der Waals surface area contributed by atoms with E-state index in [1.165, 1.54) is 0 Å². The third-order valence-electron chi connectivity index (χ3n) is 3.60. The molecule has 35 heavy (non-hydrogen) atoms. The van der Waals surface area contributed by atoms with Crippen LogP contribution in [0, 0.1) is 0 Å². The Balaban J connectivity index is 3.91. The number of ether oxygens (including phenoxy) is 1. The lowest BCUT2D eigenvalue weighted by Crippen LogP contribution is -2.47. The molecule has 17 heteroatoms. The highest BCUT2D eigenvalue weighted by atomic mass is 16.5. The summed E-state index contributed by atoms with van der Waals surface area (Å²) in [6.45, 7) is -1.52. The van der Waals surface area contributed by atoms with Crippen molar-refractivity contribution in [1.82, 2.24) is 37.2 Å². The van der Waals surface area contributed by atoms with Crippen LogP contribution in [-0.2, 0) is 43.1 Å². The maximum absolute atomic E-state index is 11.7. The summed E-state index contributed by atoms with van der Waals surface area (Å²) in [4.78, 5) is 91.4. The van der Waals surface area contributed by atoms with Crippen molar-refractivity contribution in [3.8, 4) is 0 Å². The Kier molecular flexibility index (Phi) is 16.0. The summed E-state index contributed by atoms with van der Waals surface area (Å²) < 4.78 is 4.62. The molecule has 0 aromatic heterocycles. The lowest BCUT2D eigenvalue weighted by atomic mass is 10.4. The van der Waals surface area contributed by atoms with Gasteiger partial charge in [0.05, 0.1) is 52.4 Å². The van der Waals surface area contributed by atoms with E-state index in [1.807, 2.05) is 0 Å². The summed E-state index contributed by atoms with van der Waals surface area (Å²) in [5.74, 6) is -5.23. The van der Waals surface area contributed by atoms with Crippen molar-refractivity contribution < 1.29 is 43.1 Å². The molecule has 0 atom stereocenters. The van der Waals surface area contributed by atoms with Crippen LogP contribution in [0.4, 0.5) is 0 Å². The van der Waals surface area contributed by atoms with Gasteiger partial charge in [0.1, 0.15) is 6.54 Å². The molecule has 0 heterocycles. The molecule has 17 nitrogen and oxygen atoms in total. The maximum Gasteiger partial charge on any atom is 0.325 e. The SMILES string of the molecule is CCOC(=O)CNC(=O)CNC(=O)CNC(=O)CNC(=O)CNC(=O)CNC(=O)CNC(=O)CN. The molecule has 0 spiro atoms. The monoisotopic (exact) mass is 502 g/mol. The third kappa shape index (κ3) is 17.9. The van der Waals surface area contributed by atoms with E-state index in [0.717, 1.165) is 0 Å². The van der Waals surface area contributed by atoms with Crippen molar-refractivity contribution >= 4 is 47.3 Å². The average Bonchev–Trinajstić information content (AvgIpc) is 2.84. The highest BCUT2D eigenvalue weighted by Crippen LogP contribution is 1.76. The number of amides is 7. The number of rotatable bonds is 16. The molecule has 0 bridgehead atoms. The van der Waals surface area contributed by atoms with Crippen molar-refractivity contribution in [3.05, 3.63) is 0 Å². The number of nitrogens with two attached hydrogens (primary N) is 1. The maximum atomic E-state index is 11.7. The van der Waals surface area contributed by atoms with Crippen molar-refractivity contribution in [2.45, 2.75) is 6.92 Å². The minimum absolute atomic E-state index is 0.166. The summed E-state index contributed by atoms with van der Waals surface area (Å²) in [6.07, 6.45) is 0.